The predicted octanol–water partition coefficient (Wildman–Crippen LogP) is 3.99. The van der Waals surface area contributed by atoms with Crippen LogP contribution in [0.4, 0.5) is 0 Å². The molecule has 1 aromatic rings. The molecule has 4 heteroatoms. The van der Waals surface area contributed by atoms with Crippen molar-refractivity contribution >= 4 is 12.2 Å². The van der Waals surface area contributed by atoms with Gasteiger partial charge in [-0.25, -0.2) is 0 Å². The molecular formula is C12H23N3S. The Balaban J connectivity index is 3.39. The first-order valence-corrected chi connectivity index (χ1v) is 6.61. The first-order valence-electron chi connectivity index (χ1n) is 6.20. The maximum absolute atomic E-state index is 5.38. The van der Waals surface area contributed by atoms with Gasteiger partial charge in [-0.1, -0.05) is 34.6 Å². The van der Waals surface area contributed by atoms with Crippen molar-refractivity contribution in [2.75, 3.05) is 0 Å². The van der Waals surface area contributed by atoms with E-state index in [4.69, 9.17) is 12.2 Å². The van der Waals surface area contributed by atoms with Crippen LogP contribution in [-0.2, 0) is 5.54 Å². The Hall–Kier alpha value is -0.640. The summed E-state index contributed by atoms with van der Waals surface area (Å²) in [7, 11) is 0. The third kappa shape index (κ3) is 2.08. The molecule has 0 saturated heterocycles. The van der Waals surface area contributed by atoms with E-state index in [-0.39, 0.29) is 5.54 Å². The van der Waals surface area contributed by atoms with Gasteiger partial charge in [-0.05, 0) is 31.5 Å². The summed E-state index contributed by atoms with van der Waals surface area (Å²) in [6.45, 7) is 11.0. The van der Waals surface area contributed by atoms with Crippen LogP contribution in [0, 0.1) is 4.77 Å². The minimum atomic E-state index is 0.129. The fourth-order valence-electron chi connectivity index (χ4n) is 2.38. The number of aromatic amines is 1. The third-order valence-corrected chi connectivity index (χ3v) is 3.94. The monoisotopic (exact) mass is 241 g/mol. The maximum Gasteiger partial charge on any atom is 0.195 e. The Labute approximate surface area is 103 Å². The maximum atomic E-state index is 5.38. The molecule has 92 valence electrons. The minimum absolute atomic E-state index is 0.129. The summed E-state index contributed by atoms with van der Waals surface area (Å²) in [5, 5.41) is 7.31. The molecule has 0 aliphatic rings. The zero-order valence-corrected chi connectivity index (χ0v) is 11.8. The molecule has 0 bridgehead atoms. The average molecular weight is 241 g/mol. The minimum Gasteiger partial charge on any atom is -0.298 e. The second kappa shape index (κ2) is 5.13. The molecule has 0 fully saturated rings. The van der Waals surface area contributed by atoms with Crippen molar-refractivity contribution in [2.45, 2.75) is 65.3 Å². The van der Waals surface area contributed by atoms with Crippen molar-refractivity contribution in [3.63, 3.8) is 0 Å². The number of aromatic nitrogens is 3. The van der Waals surface area contributed by atoms with Gasteiger partial charge in [0.15, 0.2) is 4.77 Å². The SMILES string of the molecule is CCC(CC)(CC)n1c(C(C)C)n[nH]c1=S. The Morgan fingerprint density at radius 3 is 2.12 bits per heavy atom. The molecule has 0 radical (unpaired) electrons. The molecule has 3 nitrogen and oxygen atoms in total. The van der Waals surface area contributed by atoms with Crippen molar-refractivity contribution in [1.29, 1.82) is 0 Å². The molecule has 16 heavy (non-hydrogen) atoms. The lowest BCUT2D eigenvalue weighted by Crippen LogP contribution is -2.33. The van der Waals surface area contributed by atoms with E-state index in [9.17, 15) is 0 Å². The number of hydrogen-bond donors (Lipinski definition) is 1. The zero-order chi connectivity index (χ0) is 12.3. The van der Waals surface area contributed by atoms with Crippen molar-refractivity contribution in [3.05, 3.63) is 10.6 Å². The summed E-state index contributed by atoms with van der Waals surface area (Å²) < 4.78 is 3.00. The molecule has 1 rings (SSSR count). The van der Waals surface area contributed by atoms with E-state index in [1.807, 2.05) is 0 Å². The number of rotatable bonds is 5. The number of nitrogens with one attached hydrogen (secondary N) is 1. The van der Waals surface area contributed by atoms with E-state index in [2.05, 4.69) is 49.4 Å². The van der Waals surface area contributed by atoms with Gasteiger partial charge in [-0.3, -0.25) is 9.67 Å². The smallest absolute Gasteiger partial charge is 0.195 e. The summed E-state index contributed by atoms with van der Waals surface area (Å²) in [6.07, 6.45) is 3.27. The van der Waals surface area contributed by atoms with Gasteiger partial charge in [0.1, 0.15) is 5.82 Å². The van der Waals surface area contributed by atoms with Gasteiger partial charge >= 0.3 is 0 Å². The molecule has 0 spiro atoms. The fourth-order valence-corrected chi connectivity index (χ4v) is 2.71. The summed E-state index contributed by atoms with van der Waals surface area (Å²) in [4.78, 5) is 0. The molecule has 0 amide bonds. The molecule has 0 saturated carbocycles. The number of nitrogens with zero attached hydrogens (tertiary/aromatic N) is 2. The largest absolute Gasteiger partial charge is 0.298 e. The van der Waals surface area contributed by atoms with Gasteiger partial charge in [0.25, 0.3) is 0 Å². The van der Waals surface area contributed by atoms with E-state index >= 15 is 0 Å². The summed E-state index contributed by atoms with van der Waals surface area (Å²) in [5.74, 6) is 1.48. The molecule has 1 N–H and O–H groups in total. The fraction of sp³-hybridized carbons (Fsp3) is 0.833. The van der Waals surface area contributed by atoms with E-state index < -0.39 is 0 Å². The second-order valence-electron chi connectivity index (χ2n) is 4.66. The normalized spacial score (nSPS) is 12.4. The first-order chi connectivity index (χ1) is 7.52. The van der Waals surface area contributed by atoms with Crippen LogP contribution < -0.4 is 0 Å². The average Bonchev–Trinajstić information content (AvgIpc) is 2.65. The van der Waals surface area contributed by atoms with Crippen LogP contribution in [0.3, 0.4) is 0 Å². The van der Waals surface area contributed by atoms with E-state index in [0.717, 1.165) is 29.9 Å². The molecule has 0 aliphatic carbocycles. The van der Waals surface area contributed by atoms with Crippen molar-refractivity contribution < 1.29 is 0 Å². The third-order valence-electron chi connectivity index (χ3n) is 3.66. The lowest BCUT2D eigenvalue weighted by atomic mass is 9.89. The van der Waals surface area contributed by atoms with Crippen molar-refractivity contribution in [2.24, 2.45) is 0 Å². The van der Waals surface area contributed by atoms with Crippen LogP contribution in [0.15, 0.2) is 0 Å². The Morgan fingerprint density at radius 1 is 1.25 bits per heavy atom. The highest BCUT2D eigenvalue weighted by Crippen LogP contribution is 2.32. The number of hydrogen-bond acceptors (Lipinski definition) is 2. The Morgan fingerprint density at radius 2 is 1.75 bits per heavy atom. The first kappa shape index (κ1) is 13.4. The van der Waals surface area contributed by atoms with E-state index in [0.29, 0.717) is 5.92 Å². The van der Waals surface area contributed by atoms with Crippen LogP contribution >= 0.6 is 12.2 Å². The van der Waals surface area contributed by atoms with Gasteiger partial charge in [-0.2, -0.15) is 5.10 Å². The molecule has 0 aromatic carbocycles. The molecule has 0 atom stereocenters. The van der Waals surface area contributed by atoms with E-state index in [1.165, 1.54) is 0 Å². The Bertz CT molecular complexity index is 377. The van der Waals surface area contributed by atoms with Gasteiger partial charge in [-0.15, -0.1) is 0 Å². The summed E-state index contributed by atoms with van der Waals surface area (Å²) in [6, 6.07) is 0. The quantitative estimate of drug-likeness (QED) is 0.791. The summed E-state index contributed by atoms with van der Waals surface area (Å²) >= 11 is 5.38. The van der Waals surface area contributed by atoms with Crippen LogP contribution in [-0.4, -0.2) is 14.8 Å². The van der Waals surface area contributed by atoms with Crippen LogP contribution in [0.2, 0.25) is 0 Å². The lowest BCUT2D eigenvalue weighted by Gasteiger charge is -2.33. The van der Waals surface area contributed by atoms with Gasteiger partial charge < -0.3 is 0 Å². The molecule has 1 heterocycles. The van der Waals surface area contributed by atoms with Gasteiger partial charge in [0, 0.05) is 11.5 Å². The van der Waals surface area contributed by atoms with E-state index in [1.54, 1.807) is 0 Å². The van der Waals surface area contributed by atoms with Gasteiger partial charge in [0.05, 0.1) is 0 Å². The van der Waals surface area contributed by atoms with Gasteiger partial charge in [0.2, 0.25) is 0 Å². The van der Waals surface area contributed by atoms with Crippen molar-refractivity contribution in [1.82, 2.24) is 14.8 Å². The highest BCUT2D eigenvalue weighted by molar-refractivity contribution is 7.71. The van der Waals surface area contributed by atoms with Crippen LogP contribution in [0.25, 0.3) is 0 Å². The molecule has 0 unspecified atom stereocenters. The second-order valence-corrected chi connectivity index (χ2v) is 5.05. The zero-order valence-electron chi connectivity index (χ0n) is 11.0. The Kier molecular flexibility index (Phi) is 4.30. The highest BCUT2D eigenvalue weighted by Gasteiger charge is 2.30. The predicted molar refractivity (Wildman–Crippen MR) is 70.3 cm³/mol. The van der Waals surface area contributed by atoms with Crippen molar-refractivity contribution in [3.8, 4) is 0 Å². The van der Waals surface area contributed by atoms with Crippen LogP contribution in [0.1, 0.15) is 65.6 Å². The molecular weight excluding hydrogens is 218 g/mol. The molecule has 0 aliphatic heterocycles. The highest BCUT2D eigenvalue weighted by atomic mass is 32.1. The lowest BCUT2D eigenvalue weighted by molar-refractivity contribution is 0.237. The topological polar surface area (TPSA) is 33.6 Å². The summed E-state index contributed by atoms with van der Waals surface area (Å²) in [5.41, 5.74) is 0.129. The number of H-pyrrole nitrogens is 1. The standard InChI is InChI=1S/C12H23N3S/c1-6-12(7-2,8-3)15-10(9(4)5)13-14-11(15)16/h9H,6-8H2,1-5H3,(H,14,16). The molecule has 1 aromatic heterocycles. The van der Waals surface area contributed by atoms with Crippen LogP contribution in [0.5, 0.6) is 0 Å².